The lowest BCUT2D eigenvalue weighted by Gasteiger charge is -2.18. The number of unbranched alkanes of at least 4 members (excludes halogenated alkanes) is 31. The van der Waals surface area contributed by atoms with Crippen molar-refractivity contribution in [1.82, 2.24) is 0 Å². The summed E-state index contributed by atoms with van der Waals surface area (Å²) in [5, 5.41) is 0. The van der Waals surface area contributed by atoms with Crippen molar-refractivity contribution >= 4 is 19.8 Å². The molecular formula is C45H87O8P. The van der Waals surface area contributed by atoms with E-state index in [-0.39, 0.29) is 19.4 Å². The van der Waals surface area contributed by atoms with Gasteiger partial charge in [0.05, 0.1) is 6.61 Å². The van der Waals surface area contributed by atoms with Crippen LogP contribution in [0, 0.1) is 0 Å². The number of carbonyl (C=O) groups excluding carboxylic acids is 2. The molecule has 0 amide bonds. The van der Waals surface area contributed by atoms with Gasteiger partial charge in [-0.05, 0) is 32.1 Å². The molecule has 0 saturated carbocycles. The van der Waals surface area contributed by atoms with Gasteiger partial charge in [-0.1, -0.05) is 212 Å². The maximum Gasteiger partial charge on any atom is 0.469 e. The van der Waals surface area contributed by atoms with Crippen molar-refractivity contribution < 1.29 is 37.9 Å². The fourth-order valence-corrected chi connectivity index (χ4v) is 7.19. The van der Waals surface area contributed by atoms with Crippen LogP contribution in [-0.2, 0) is 28.2 Å². The molecule has 0 bridgehead atoms. The zero-order valence-corrected chi connectivity index (χ0v) is 36.3. The molecule has 9 heteroatoms. The number of carbonyl (C=O) groups is 2. The number of hydrogen-bond acceptors (Lipinski definition) is 6. The zero-order chi connectivity index (χ0) is 39.6. The number of rotatable bonds is 43. The van der Waals surface area contributed by atoms with Gasteiger partial charge in [0.2, 0.25) is 0 Å². The Morgan fingerprint density at radius 1 is 0.463 bits per heavy atom. The molecule has 0 saturated heterocycles. The lowest BCUT2D eigenvalue weighted by atomic mass is 10.0. The summed E-state index contributed by atoms with van der Waals surface area (Å²) in [5.41, 5.74) is 0. The summed E-state index contributed by atoms with van der Waals surface area (Å²) in [6.45, 7) is 3.69. The minimum absolute atomic E-state index is 0.214. The van der Waals surface area contributed by atoms with Crippen LogP contribution in [0.15, 0.2) is 12.2 Å². The second-order valence-electron chi connectivity index (χ2n) is 15.7. The van der Waals surface area contributed by atoms with Crippen LogP contribution in [0.1, 0.15) is 245 Å². The van der Waals surface area contributed by atoms with Crippen molar-refractivity contribution in [2.24, 2.45) is 0 Å². The first kappa shape index (κ1) is 52.8. The van der Waals surface area contributed by atoms with Crippen LogP contribution in [0.5, 0.6) is 0 Å². The van der Waals surface area contributed by atoms with Gasteiger partial charge < -0.3 is 19.3 Å². The fourth-order valence-electron chi connectivity index (χ4n) is 6.83. The molecule has 0 aliphatic heterocycles. The number of phosphoric ester groups is 1. The lowest BCUT2D eigenvalue weighted by molar-refractivity contribution is -0.161. The highest BCUT2D eigenvalue weighted by molar-refractivity contribution is 7.46. The average molecular weight is 787 g/mol. The Kier molecular flexibility index (Phi) is 40.5. The predicted octanol–water partition coefficient (Wildman–Crippen LogP) is 14.2. The molecule has 0 radical (unpaired) electrons. The van der Waals surface area contributed by atoms with Gasteiger partial charge in [0.15, 0.2) is 6.10 Å². The molecule has 1 atom stereocenters. The summed E-state index contributed by atoms with van der Waals surface area (Å²) in [5.74, 6) is -0.872. The summed E-state index contributed by atoms with van der Waals surface area (Å²) in [6, 6.07) is 0. The first-order chi connectivity index (χ1) is 26.3. The Balaban J connectivity index is 3.80. The van der Waals surface area contributed by atoms with Gasteiger partial charge in [0, 0.05) is 12.8 Å². The van der Waals surface area contributed by atoms with Crippen molar-refractivity contribution in [2.75, 3.05) is 13.2 Å². The van der Waals surface area contributed by atoms with E-state index in [0.717, 1.165) is 38.5 Å². The van der Waals surface area contributed by atoms with Gasteiger partial charge in [0.25, 0.3) is 0 Å². The molecule has 0 spiro atoms. The van der Waals surface area contributed by atoms with Gasteiger partial charge in [-0.25, -0.2) is 4.57 Å². The monoisotopic (exact) mass is 787 g/mol. The minimum Gasteiger partial charge on any atom is -0.462 e. The standard InChI is InChI=1S/C45H87O8P/c1-3-5-7-9-11-13-15-17-19-20-21-22-23-24-26-27-29-31-33-35-37-39-44(46)51-41-43(42-52-54(48,49)50)53-45(47)40-38-36-34-32-30-28-25-18-16-14-12-10-8-6-4-2/h10,12,43H,3-9,11,13-42H2,1-2H3,(H2,48,49,50)/b12-10+/t43-/m1/s1. The van der Waals surface area contributed by atoms with Crippen LogP contribution in [0.25, 0.3) is 0 Å². The Hall–Kier alpha value is -1.21. The van der Waals surface area contributed by atoms with Crippen molar-refractivity contribution in [3.8, 4) is 0 Å². The minimum atomic E-state index is -4.75. The maximum absolute atomic E-state index is 12.4. The van der Waals surface area contributed by atoms with Crippen LogP contribution in [0.4, 0.5) is 0 Å². The molecule has 0 aromatic heterocycles. The zero-order valence-electron chi connectivity index (χ0n) is 35.4. The molecule has 0 aromatic carbocycles. The van der Waals surface area contributed by atoms with Crippen LogP contribution in [0.3, 0.4) is 0 Å². The Morgan fingerprint density at radius 2 is 0.796 bits per heavy atom. The quantitative estimate of drug-likeness (QED) is 0.0271. The second-order valence-corrected chi connectivity index (χ2v) is 17.0. The molecule has 8 nitrogen and oxygen atoms in total. The number of phosphoric acid groups is 1. The smallest absolute Gasteiger partial charge is 0.462 e. The summed E-state index contributed by atoms with van der Waals surface area (Å²) in [6.07, 6.45) is 46.5. The third kappa shape index (κ3) is 43.5. The van der Waals surface area contributed by atoms with E-state index in [4.69, 9.17) is 19.3 Å². The third-order valence-corrected chi connectivity index (χ3v) is 10.8. The molecule has 0 rings (SSSR count). The van der Waals surface area contributed by atoms with E-state index >= 15 is 0 Å². The highest BCUT2D eigenvalue weighted by Gasteiger charge is 2.23. The van der Waals surface area contributed by atoms with Crippen LogP contribution in [0.2, 0.25) is 0 Å². The van der Waals surface area contributed by atoms with Crippen molar-refractivity contribution in [3.63, 3.8) is 0 Å². The van der Waals surface area contributed by atoms with E-state index in [1.807, 2.05) is 0 Å². The molecule has 54 heavy (non-hydrogen) atoms. The summed E-state index contributed by atoms with van der Waals surface area (Å²) in [4.78, 5) is 42.9. The highest BCUT2D eigenvalue weighted by Crippen LogP contribution is 2.36. The van der Waals surface area contributed by atoms with Crippen LogP contribution < -0.4 is 0 Å². The Morgan fingerprint density at radius 3 is 1.19 bits per heavy atom. The van der Waals surface area contributed by atoms with E-state index < -0.39 is 32.5 Å². The van der Waals surface area contributed by atoms with Gasteiger partial charge in [-0.3, -0.25) is 14.1 Å². The normalized spacial score (nSPS) is 12.4. The summed E-state index contributed by atoms with van der Waals surface area (Å²) in [7, 11) is -4.75. The predicted molar refractivity (Wildman–Crippen MR) is 226 cm³/mol. The molecule has 0 aromatic rings. The molecule has 0 heterocycles. The molecular weight excluding hydrogens is 699 g/mol. The maximum atomic E-state index is 12.4. The average Bonchev–Trinajstić information content (AvgIpc) is 3.14. The van der Waals surface area contributed by atoms with Gasteiger partial charge >= 0.3 is 19.8 Å². The van der Waals surface area contributed by atoms with E-state index in [9.17, 15) is 14.2 Å². The Bertz CT molecular complexity index is 889. The number of allylic oxidation sites excluding steroid dienone is 2. The van der Waals surface area contributed by atoms with Crippen molar-refractivity contribution in [3.05, 3.63) is 12.2 Å². The summed E-state index contributed by atoms with van der Waals surface area (Å²) >= 11 is 0. The SMILES string of the molecule is CCCC/C=C/CCCCCCCCCCCC(=O)O[C@H](COC(=O)CCCCCCCCCCCCCCCCCCCCCCC)COP(=O)(O)O. The first-order valence-corrected chi connectivity index (χ1v) is 24.5. The van der Waals surface area contributed by atoms with E-state index in [1.165, 1.54) is 173 Å². The van der Waals surface area contributed by atoms with Gasteiger partial charge in [0.1, 0.15) is 6.61 Å². The van der Waals surface area contributed by atoms with Crippen molar-refractivity contribution in [2.45, 2.75) is 251 Å². The van der Waals surface area contributed by atoms with E-state index in [1.54, 1.807) is 0 Å². The number of ether oxygens (including phenoxy) is 2. The first-order valence-electron chi connectivity index (χ1n) is 23.0. The number of hydrogen-bond donors (Lipinski definition) is 2. The van der Waals surface area contributed by atoms with Gasteiger partial charge in [-0.2, -0.15) is 0 Å². The lowest BCUT2D eigenvalue weighted by Crippen LogP contribution is -2.29. The van der Waals surface area contributed by atoms with Gasteiger partial charge in [-0.15, -0.1) is 0 Å². The second kappa shape index (κ2) is 41.4. The largest absolute Gasteiger partial charge is 0.469 e. The molecule has 0 aliphatic carbocycles. The number of esters is 2. The van der Waals surface area contributed by atoms with E-state index in [0.29, 0.717) is 6.42 Å². The fraction of sp³-hybridized carbons (Fsp3) is 0.911. The third-order valence-electron chi connectivity index (χ3n) is 10.3. The topological polar surface area (TPSA) is 119 Å². The molecule has 0 aliphatic rings. The summed E-state index contributed by atoms with van der Waals surface area (Å²) < 4.78 is 26.4. The van der Waals surface area contributed by atoms with Crippen LogP contribution >= 0.6 is 7.82 Å². The molecule has 320 valence electrons. The highest BCUT2D eigenvalue weighted by atomic mass is 31.2. The van der Waals surface area contributed by atoms with E-state index in [2.05, 4.69) is 30.5 Å². The molecule has 0 fully saturated rings. The Labute approximate surface area is 333 Å². The molecule has 0 unspecified atom stereocenters. The van der Waals surface area contributed by atoms with Crippen LogP contribution in [-0.4, -0.2) is 41.0 Å². The van der Waals surface area contributed by atoms with Crippen molar-refractivity contribution in [1.29, 1.82) is 0 Å². The molecule has 2 N–H and O–H groups in total.